The first-order chi connectivity index (χ1) is 8.43. The molecule has 0 aliphatic carbocycles. The summed E-state index contributed by atoms with van der Waals surface area (Å²) in [6, 6.07) is 4.47. The Hall–Kier alpha value is -2.90. The van der Waals surface area contributed by atoms with Crippen molar-refractivity contribution >= 4 is 22.1 Å². The van der Waals surface area contributed by atoms with Gasteiger partial charge in [-0.1, -0.05) is 6.07 Å². The molecule has 0 saturated carbocycles. The zero-order valence-electron chi connectivity index (χ0n) is 8.73. The van der Waals surface area contributed by atoms with Crippen LogP contribution in [0.5, 0.6) is 11.5 Å². The van der Waals surface area contributed by atoms with Crippen molar-refractivity contribution in [1.29, 1.82) is 0 Å². The molecule has 0 fully saturated rings. The van der Waals surface area contributed by atoms with Gasteiger partial charge in [0.2, 0.25) is 5.75 Å². The van der Waals surface area contributed by atoms with E-state index < -0.39 is 32.7 Å². The number of phenols is 2. The van der Waals surface area contributed by atoms with Gasteiger partial charge in [0.25, 0.3) is 5.69 Å². The van der Waals surface area contributed by atoms with Gasteiger partial charge < -0.3 is 10.2 Å². The van der Waals surface area contributed by atoms with Crippen LogP contribution in [-0.2, 0) is 0 Å². The summed E-state index contributed by atoms with van der Waals surface area (Å²) >= 11 is 0. The second-order valence-electron chi connectivity index (χ2n) is 3.48. The summed E-state index contributed by atoms with van der Waals surface area (Å²) in [5.41, 5.74) is -1.37. The molecule has 0 radical (unpaired) electrons. The fraction of sp³-hybridized carbons (Fsp3) is 0. The number of fused-ring (bicyclic) bond motifs is 1. The van der Waals surface area contributed by atoms with Gasteiger partial charge in [-0.2, -0.15) is 0 Å². The summed E-state index contributed by atoms with van der Waals surface area (Å²) in [6.07, 6.45) is 0. The Labute approximate surface area is 99.0 Å². The van der Waals surface area contributed by atoms with Crippen molar-refractivity contribution in [3.05, 3.63) is 44.5 Å². The summed E-state index contributed by atoms with van der Waals surface area (Å²) in [7, 11) is 0. The highest BCUT2D eigenvalue weighted by Crippen LogP contribution is 2.43. The molecule has 0 saturated heterocycles. The molecular formula is C10H6N2O6. The third kappa shape index (κ3) is 1.56. The van der Waals surface area contributed by atoms with Gasteiger partial charge in [-0.05, 0) is 12.1 Å². The predicted octanol–water partition coefficient (Wildman–Crippen LogP) is 2.07. The predicted molar refractivity (Wildman–Crippen MR) is 60.6 cm³/mol. The van der Waals surface area contributed by atoms with Gasteiger partial charge in [0, 0.05) is 0 Å². The standard InChI is InChI=1S/C10H6N2O6/c13-8-3-1-2-5-6(11(15)16)4-7(12(17)18)10(14)9(5)8/h1-4,13-14H. The lowest BCUT2D eigenvalue weighted by molar-refractivity contribution is -0.393. The number of nitro groups is 2. The van der Waals surface area contributed by atoms with Crippen LogP contribution in [0, 0.1) is 20.2 Å². The maximum Gasteiger partial charge on any atom is 0.318 e. The fourth-order valence-electron chi connectivity index (χ4n) is 1.70. The highest BCUT2D eigenvalue weighted by Gasteiger charge is 2.26. The smallest absolute Gasteiger partial charge is 0.318 e. The molecule has 2 aromatic rings. The van der Waals surface area contributed by atoms with Crippen molar-refractivity contribution in [1.82, 2.24) is 0 Å². The minimum Gasteiger partial charge on any atom is -0.507 e. The molecule has 0 heterocycles. The van der Waals surface area contributed by atoms with Gasteiger partial charge in [-0.3, -0.25) is 20.2 Å². The van der Waals surface area contributed by atoms with E-state index in [0.717, 1.165) is 0 Å². The quantitative estimate of drug-likeness (QED) is 0.620. The van der Waals surface area contributed by atoms with Crippen molar-refractivity contribution in [2.24, 2.45) is 0 Å². The van der Waals surface area contributed by atoms with Crippen LogP contribution in [0.25, 0.3) is 10.8 Å². The Morgan fingerprint density at radius 3 is 2.17 bits per heavy atom. The molecule has 18 heavy (non-hydrogen) atoms. The SMILES string of the molecule is O=[N+]([O-])c1cc([N+](=O)[O-])c2cccc(O)c2c1O. The molecule has 0 aliphatic heterocycles. The summed E-state index contributed by atoms with van der Waals surface area (Å²) in [6.45, 7) is 0. The molecule has 0 unspecified atom stereocenters. The maximum absolute atomic E-state index is 10.8. The minimum absolute atomic E-state index is 0.0666. The summed E-state index contributed by atoms with van der Waals surface area (Å²) < 4.78 is 0. The number of rotatable bonds is 2. The Balaban J connectivity index is 3.02. The van der Waals surface area contributed by atoms with Gasteiger partial charge in [0.15, 0.2) is 0 Å². The van der Waals surface area contributed by atoms with Crippen LogP contribution in [0.1, 0.15) is 0 Å². The van der Waals surface area contributed by atoms with E-state index in [-0.39, 0.29) is 10.8 Å². The lowest BCUT2D eigenvalue weighted by Crippen LogP contribution is -1.95. The molecule has 2 N–H and O–H groups in total. The summed E-state index contributed by atoms with van der Waals surface area (Å²) in [5.74, 6) is -1.25. The van der Waals surface area contributed by atoms with Crippen molar-refractivity contribution in [3.8, 4) is 11.5 Å². The maximum atomic E-state index is 10.8. The monoisotopic (exact) mass is 250 g/mol. The van der Waals surface area contributed by atoms with E-state index in [1.54, 1.807) is 0 Å². The van der Waals surface area contributed by atoms with E-state index in [9.17, 15) is 30.4 Å². The third-order valence-electron chi connectivity index (χ3n) is 2.46. The van der Waals surface area contributed by atoms with Crippen molar-refractivity contribution in [3.63, 3.8) is 0 Å². The van der Waals surface area contributed by atoms with Crippen LogP contribution in [0.2, 0.25) is 0 Å². The van der Waals surface area contributed by atoms with Crippen molar-refractivity contribution in [2.45, 2.75) is 0 Å². The van der Waals surface area contributed by atoms with Crippen LogP contribution in [-0.4, -0.2) is 20.1 Å². The van der Waals surface area contributed by atoms with E-state index in [2.05, 4.69) is 0 Å². The number of nitrogens with zero attached hydrogens (tertiary/aromatic N) is 2. The molecule has 0 spiro atoms. The Kier molecular flexibility index (Phi) is 2.47. The molecule has 0 amide bonds. The molecule has 0 bridgehead atoms. The van der Waals surface area contributed by atoms with Crippen LogP contribution >= 0.6 is 0 Å². The van der Waals surface area contributed by atoms with Crippen LogP contribution < -0.4 is 0 Å². The van der Waals surface area contributed by atoms with Gasteiger partial charge in [-0.25, -0.2) is 0 Å². The molecule has 2 rings (SSSR count). The van der Waals surface area contributed by atoms with Gasteiger partial charge in [0.1, 0.15) is 5.75 Å². The molecule has 0 aromatic heterocycles. The second-order valence-corrected chi connectivity index (χ2v) is 3.48. The first kappa shape index (κ1) is 11.6. The number of nitro benzene ring substituents is 2. The van der Waals surface area contributed by atoms with Gasteiger partial charge >= 0.3 is 5.69 Å². The zero-order valence-corrected chi connectivity index (χ0v) is 8.73. The fourth-order valence-corrected chi connectivity index (χ4v) is 1.70. The zero-order chi connectivity index (χ0) is 13.4. The number of benzene rings is 2. The number of aromatic hydroxyl groups is 2. The van der Waals surface area contributed by atoms with Crippen LogP contribution in [0.3, 0.4) is 0 Å². The number of hydrogen-bond acceptors (Lipinski definition) is 6. The van der Waals surface area contributed by atoms with Gasteiger partial charge in [-0.15, -0.1) is 0 Å². The average Bonchev–Trinajstić information content (AvgIpc) is 2.28. The lowest BCUT2D eigenvalue weighted by Gasteiger charge is -2.05. The Bertz CT molecular complexity index is 682. The van der Waals surface area contributed by atoms with Crippen molar-refractivity contribution < 1.29 is 20.1 Å². The Morgan fingerprint density at radius 2 is 1.61 bits per heavy atom. The molecule has 0 atom stereocenters. The number of non-ortho nitro benzene ring substituents is 1. The van der Waals surface area contributed by atoms with E-state index >= 15 is 0 Å². The molecule has 0 aliphatic rings. The highest BCUT2D eigenvalue weighted by atomic mass is 16.6. The van der Waals surface area contributed by atoms with Crippen LogP contribution in [0.15, 0.2) is 24.3 Å². The van der Waals surface area contributed by atoms with E-state index in [1.807, 2.05) is 0 Å². The first-order valence-electron chi connectivity index (χ1n) is 4.70. The first-order valence-corrected chi connectivity index (χ1v) is 4.70. The topological polar surface area (TPSA) is 127 Å². The normalized spacial score (nSPS) is 10.4. The molecule has 8 heteroatoms. The molecular weight excluding hydrogens is 244 g/mol. The van der Waals surface area contributed by atoms with Crippen LogP contribution in [0.4, 0.5) is 11.4 Å². The second kappa shape index (κ2) is 3.84. The number of hydrogen-bond donors (Lipinski definition) is 2. The van der Waals surface area contributed by atoms with E-state index in [1.165, 1.54) is 18.2 Å². The van der Waals surface area contributed by atoms with Crippen molar-refractivity contribution in [2.75, 3.05) is 0 Å². The molecule has 8 nitrogen and oxygen atoms in total. The molecule has 2 aromatic carbocycles. The highest BCUT2D eigenvalue weighted by molar-refractivity contribution is 6.02. The van der Waals surface area contributed by atoms with E-state index in [4.69, 9.17) is 0 Å². The summed E-state index contributed by atoms with van der Waals surface area (Å²) in [4.78, 5) is 19.8. The third-order valence-corrected chi connectivity index (χ3v) is 2.46. The molecule has 92 valence electrons. The lowest BCUT2D eigenvalue weighted by atomic mass is 10.1. The summed E-state index contributed by atoms with van der Waals surface area (Å²) in [5, 5.41) is 40.4. The van der Waals surface area contributed by atoms with Gasteiger partial charge in [0.05, 0.1) is 26.7 Å². The Morgan fingerprint density at radius 1 is 1.00 bits per heavy atom. The average molecular weight is 250 g/mol. The number of phenolic OH excluding ortho intramolecular Hbond substituents is 2. The van der Waals surface area contributed by atoms with E-state index in [0.29, 0.717) is 6.07 Å². The minimum atomic E-state index is -0.950. The largest absolute Gasteiger partial charge is 0.507 e.